The number of ether oxygens (including phenoxy) is 2. The monoisotopic (exact) mass is 348 g/mol. The van der Waals surface area contributed by atoms with Crippen LogP contribution in [0.25, 0.3) is 0 Å². The SMILES string of the molecule is CC#C[C@H](C)[C@@H](O[Si](C)(C)C)[C@@H](C)COCc1ccc(OC)cc1. The number of hydrogen-bond acceptors (Lipinski definition) is 3. The molecule has 3 atom stereocenters. The van der Waals surface area contributed by atoms with E-state index in [1.165, 1.54) is 0 Å². The average molecular weight is 349 g/mol. The molecule has 0 N–H and O–H groups in total. The van der Waals surface area contributed by atoms with Crippen LogP contribution in [0.5, 0.6) is 5.75 Å². The van der Waals surface area contributed by atoms with Gasteiger partial charge < -0.3 is 13.9 Å². The molecule has 1 aromatic carbocycles. The maximum Gasteiger partial charge on any atom is 0.184 e. The van der Waals surface area contributed by atoms with E-state index in [0.29, 0.717) is 19.1 Å². The molecule has 0 aliphatic carbocycles. The molecule has 0 aliphatic rings. The Morgan fingerprint density at radius 3 is 2.21 bits per heavy atom. The maximum atomic E-state index is 6.39. The second kappa shape index (κ2) is 9.88. The van der Waals surface area contributed by atoms with Crippen molar-refractivity contribution in [1.82, 2.24) is 0 Å². The van der Waals surface area contributed by atoms with Crippen molar-refractivity contribution in [2.24, 2.45) is 11.8 Å². The summed E-state index contributed by atoms with van der Waals surface area (Å²) in [5, 5.41) is 0. The fourth-order valence-electron chi connectivity index (χ4n) is 2.61. The van der Waals surface area contributed by atoms with Gasteiger partial charge in [-0.3, -0.25) is 0 Å². The Kier molecular flexibility index (Phi) is 8.55. The van der Waals surface area contributed by atoms with Gasteiger partial charge in [-0.1, -0.05) is 25.0 Å². The van der Waals surface area contributed by atoms with Crippen molar-refractivity contribution < 1.29 is 13.9 Å². The summed E-state index contributed by atoms with van der Waals surface area (Å²) in [5.74, 6) is 7.63. The Bertz CT molecular complexity index is 537. The normalized spacial score (nSPS) is 15.1. The summed E-state index contributed by atoms with van der Waals surface area (Å²) in [5.41, 5.74) is 1.15. The van der Waals surface area contributed by atoms with Crippen molar-refractivity contribution in [3.05, 3.63) is 29.8 Å². The van der Waals surface area contributed by atoms with Crippen molar-refractivity contribution in [3.63, 3.8) is 0 Å². The molecule has 0 bridgehead atoms. The lowest BCUT2D eigenvalue weighted by atomic mass is 9.94. The number of rotatable bonds is 9. The topological polar surface area (TPSA) is 27.7 Å². The van der Waals surface area contributed by atoms with Gasteiger partial charge in [0.2, 0.25) is 0 Å². The van der Waals surface area contributed by atoms with Crippen LogP contribution in [-0.4, -0.2) is 28.1 Å². The molecule has 0 spiro atoms. The fourth-order valence-corrected chi connectivity index (χ4v) is 3.86. The molecule has 0 amide bonds. The minimum Gasteiger partial charge on any atom is -0.497 e. The summed E-state index contributed by atoms with van der Waals surface area (Å²) in [4.78, 5) is 0. The van der Waals surface area contributed by atoms with Gasteiger partial charge in [-0.25, -0.2) is 0 Å². The molecule has 1 aromatic rings. The average Bonchev–Trinajstić information content (AvgIpc) is 2.52. The van der Waals surface area contributed by atoms with Crippen LogP contribution in [-0.2, 0) is 15.8 Å². The number of benzene rings is 1. The zero-order valence-corrected chi connectivity index (χ0v) is 17.2. The lowest BCUT2D eigenvalue weighted by Crippen LogP contribution is -2.40. The van der Waals surface area contributed by atoms with Gasteiger partial charge in [0.15, 0.2) is 8.32 Å². The molecule has 0 saturated heterocycles. The summed E-state index contributed by atoms with van der Waals surface area (Å²) < 4.78 is 17.5. The van der Waals surface area contributed by atoms with Crippen molar-refractivity contribution in [3.8, 4) is 17.6 Å². The molecule has 1 rings (SSSR count). The lowest BCUT2D eigenvalue weighted by molar-refractivity contribution is 0.0239. The van der Waals surface area contributed by atoms with Gasteiger partial charge in [-0.2, -0.15) is 0 Å². The Morgan fingerprint density at radius 2 is 1.71 bits per heavy atom. The highest BCUT2D eigenvalue weighted by molar-refractivity contribution is 6.69. The zero-order valence-electron chi connectivity index (χ0n) is 16.2. The molecule has 0 aliphatic heterocycles. The second-order valence-corrected chi connectivity index (χ2v) is 11.7. The summed E-state index contributed by atoms with van der Waals surface area (Å²) in [7, 11) is 0.0470. The third-order valence-electron chi connectivity index (χ3n) is 3.72. The van der Waals surface area contributed by atoms with Crippen LogP contribution in [0.4, 0.5) is 0 Å². The lowest BCUT2D eigenvalue weighted by Gasteiger charge is -2.33. The Balaban J connectivity index is 2.59. The van der Waals surface area contributed by atoms with Gasteiger partial charge in [0.1, 0.15) is 5.75 Å². The van der Waals surface area contributed by atoms with Crippen LogP contribution < -0.4 is 4.74 Å². The smallest absolute Gasteiger partial charge is 0.184 e. The molecule has 0 unspecified atom stereocenters. The molecule has 0 heterocycles. The van der Waals surface area contributed by atoms with E-state index in [1.807, 2.05) is 31.2 Å². The summed E-state index contributed by atoms with van der Waals surface area (Å²) in [6.07, 6.45) is 0.111. The van der Waals surface area contributed by atoms with Crippen LogP contribution in [0.1, 0.15) is 26.3 Å². The van der Waals surface area contributed by atoms with Gasteiger partial charge in [0.25, 0.3) is 0 Å². The first-order valence-corrected chi connectivity index (χ1v) is 12.0. The summed E-state index contributed by atoms with van der Waals surface area (Å²) in [6, 6.07) is 7.98. The summed E-state index contributed by atoms with van der Waals surface area (Å²) >= 11 is 0. The van der Waals surface area contributed by atoms with Gasteiger partial charge in [-0.05, 0) is 51.2 Å². The van der Waals surface area contributed by atoms with Crippen LogP contribution >= 0.6 is 0 Å². The molecule has 0 radical (unpaired) electrons. The Labute approximate surface area is 148 Å². The van der Waals surface area contributed by atoms with Gasteiger partial charge in [0.05, 0.1) is 26.4 Å². The molecule has 0 saturated carbocycles. The van der Waals surface area contributed by atoms with E-state index >= 15 is 0 Å². The van der Waals surface area contributed by atoms with Crippen molar-refractivity contribution in [1.29, 1.82) is 0 Å². The van der Waals surface area contributed by atoms with Gasteiger partial charge in [-0.15, -0.1) is 5.92 Å². The quantitative estimate of drug-likeness (QED) is 0.477. The van der Waals surface area contributed by atoms with E-state index in [1.54, 1.807) is 7.11 Å². The van der Waals surface area contributed by atoms with Crippen LogP contribution in [0.2, 0.25) is 19.6 Å². The van der Waals surface area contributed by atoms with Crippen molar-refractivity contribution >= 4 is 8.32 Å². The highest BCUT2D eigenvalue weighted by Crippen LogP contribution is 2.22. The highest BCUT2D eigenvalue weighted by atomic mass is 28.4. The molecule has 24 heavy (non-hydrogen) atoms. The molecule has 0 fully saturated rings. The first-order valence-electron chi connectivity index (χ1n) is 8.57. The maximum absolute atomic E-state index is 6.39. The third kappa shape index (κ3) is 7.52. The van der Waals surface area contributed by atoms with E-state index in [0.717, 1.165) is 11.3 Å². The predicted molar refractivity (Wildman–Crippen MR) is 103 cm³/mol. The second-order valence-electron chi connectivity index (χ2n) is 7.22. The zero-order chi connectivity index (χ0) is 18.2. The first-order chi connectivity index (χ1) is 11.3. The van der Waals surface area contributed by atoms with E-state index < -0.39 is 8.32 Å². The summed E-state index contributed by atoms with van der Waals surface area (Å²) in [6.45, 7) is 14.1. The fraction of sp³-hybridized carbons (Fsp3) is 0.600. The molecule has 134 valence electrons. The molecule has 3 nitrogen and oxygen atoms in total. The minimum atomic E-state index is -1.63. The predicted octanol–water partition coefficient (Wildman–Crippen LogP) is 4.73. The van der Waals surface area contributed by atoms with Crippen molar-refractivity contribution in [2.75, 3.05) is 13.7 Å². The molecule has 4 heteroatoms. The highest BCUT2D eigenvalue weighted by Gasteiger charge is 2.29. The molecular formula is C20H32O3Si. The Morgan fingerprint density at radius 1 is 1.08 bits per heavy atom. The van der Waals surface area contributed by atoms with E-state index in [2.05, 4.69) is 45.3 Å². The van der Waals surface area contributed by atoms with Gasteiger partial charge >= 0.3 is 0 Å². The number of hydrogen-bond donors (Lipinski definition) is 0. The largest absolute Gasteiger partial charge is 0.497 e. The standard InChI is InChI=1S/C20H32O3Si/c1-8-9-16(2)20(23-24(5,6)7)17(3)14-22-15-18-10-12-19(21-4)13-11-18/h10-13,16-17,20H,14-15H2,1-7H3/t16-,17-,20+/m0/s1. The third-order valence-corrected chi connectivity index (χ3v) is 4.70. The van der Waals surface area contributed by atoms with E-state index in [4.69, 9.17) is 13.9 Å². The van der Waals surface area contributed by atoms with E-state index in [9.17, 15) is 0 Å². The van der Waals surface area contributed by atoms with Crippen molar-refractivity contribution in [2.45, 2.75) is 53.1 Å². The number of methoxy groups -OCH3 is 1. The van der Waals surface area contributed by atoms with Crippen LogP contribution in [0.15, 0.2) is 24.3 Å². The van der Waals surface area contributed by atoms with Gasteiger partial charge in [0, 0.05) is 11.8 Å². The Hall–Kier alpha value is -1.28. The van der Waals surface area contributed by atoms with Crippen LogP contribution in [0, 0.1) is 23.7 Å². The molecular weight excluding hydrogens is 316 g/mol. The van der Waals surface area contributed by atoms with E-state index in [-0.39, 0.29) is 12.0 Å². The molecule has 0 aromatic heterocycles. The minimum absolute atomic E-state index is 0.111. The van der Waals surface area contributed by atoms with Crippen LogP contribution in [0.3, 0.4) is 0 Å². The first kappa shape index (κ1) is 20.8.